The third kappa shape index (κ3) is 2.85. The van der Waals surface area contributed by atoms with Crippen molar-refractivity contribution < 1.29 is 13.2 Å². The number of anilines is 1. The highest BCUT2D eigenvalue weighted by molar-refractivity contribution is 7.89. The molecule has 2 aromatic rings. The van der Waals surface area contributed by atoms with Crippen molar-refractivity contribution in [2.45, 2.75) is 11.4 Å². The van der Waals surface area contributed by atoms with Crippen molar-refractivity contribution in [2.24, 2.45) is 0 Å². The molecular weight excluding hydrogens is 268 g/mol. The topological polar surface area (TPSA) is 110 Å². The predicted molar refractivity (Wildman–Crippen MR) is 70.0 cm³/mol. The minimum absolute atomic E-state index is 0.00697. The summed E-state index contributed by atoms with van der Waals surface area (Å²) in [6.07, 6.45) is 1.17. The number of sulfonamides is 1. The van der Waals surface area contributed by atoms with Gasteiger partial charge in [0.05, 0.1) is 13.3 Å². The molecule has 0 fully saturated rings. The van der Waals surface area contributed by atoms with E-state index in [1.807, 2.05) is 6.07 Å². The summed E-state index contributed by atoms with van der Waals surface area (Å²) in [5.74, 6) is 0.623. The van der Waals surface area contributed by atoms with Gasteiger partial charge in [0.2, 0.25) is 10.0 Å². The molecule has 0 aliphatic rings. The molecule has 19 heavy (non-hydrogen) atoms. The van der Waals surface area contributed by atoms with Crippen molar-refractivity contribution in [3.63, 3.8) is 0 Å². The Labute approximate surface area is 110 Å². The number of nitrogens with zero attached hydrogens (tertiary/aromatic N) is 1. The number of hydrogen-bond acceptors (Lipinski definition) is 5. The van der Waals surface area contributed by atoms with E-state index in [-0.39, 0.29) is 17.3 Å². The third-order valence-corrected chi connectivity index (χ3v) is 4.00. The minimum atomic E-state index is -3.70. The number of methoxy groups -OCH3 is 1. The molecule has 2 rings (SSSR count). The second-order valence-corrected chi connectivity index (χ2v) is 5.52. The zero-order chi connectivity index (χ0) is 13.9. The molecule has 0 aliphatic heterocycles. The zero-order valence-electron chi connectivity index (χ0n) is 10.3. The van der Waals surface area contributed by atoms with Gasteiger partial charge in [-0.05, 0) is 6.07 Å². The number of para-hydroxylation sites is 1. The van der Waals surface area contributed by atoms with Crippen molar-refractivity contribution >= 4 is 15.8 Å². The van der Waals surface area contributed by atoms with Gasteiger partial charge in [-0.25, -0.2) is 13.1 Å². The summed E-state index contributed by atoms with van der Waals surface area (Å²) in [6, 6.07) is 7.15. The van der Waals surface area contributed by atoms with E-state index in [0.29, 0.717) is 5.75 Å². The van der Waals surface area contributed by atoms with E-state index in [4.69, 9.17) is 10.5 Å². The Morgan fingerprint density at radius 2 is 2.16 bits per heavy atom. The van der Waals surface area contributed by atoms with Gasteiger partial charge in [0, 0.05) is 12.1 Å². The fourth-order valence-electron chi connectivity index (χ4n) is 1.60. The SMILES string of the molecule is COc1ccccc1CNS(=O)(=O)c1cn[nH]c1N. The van der Waals surface area contributed by atoms with Gasteiger partial charge in [0.25, 0.3) is 0 Å². The van der Waals surface area contributed by atoms with E-state index < -0.39 is 10.0 Å². The maximum absolute atomic E-state index is 12.0. The molecule has 0 unspecified atom stereocenters. The fourth-order valence-corrected chi connectivity index (χ4v) is 2.63. The van der Waals surface area contributed by atoms with Crippen molar-refractivity contribution in [2.75, 3.05) is 12.8 Å². The molecule has 0 atom stereocenters. The molecular formula is C11H14N4O3S. The number of H-pyrrole nitrogens is 1. The van der Waals surface area contributed by atoms with E-state index in [0.717, 1.165) is 5.56 Å². The zero-order valence-corrected chi connectivity index (χ0v) is 11.1. The number of rotatable bonds is 5. The van der Waals surface area contributed by atoms with Gasteiger partial charge in [0.1, 0.15) is 16.5 Å². The van der Waals surface area contributed by atoms with Crippen LogP contribution in [0, 0.1) is 0 Å². The molecule has 1 aromatic heterocycles. The highest BCUT2D eigenvalue weighted by Crippen LogP contribution is 2.19. The van der Waals surface area contributed by atoms with Crippen LogP contribution >= 0.6 is 0 Å². The van der Waals surface area contributed by atoms with Crippen LogP contribution in [0.3, 0.4) is 0 Å². The second-order valence-electron chi connectivity index (χ2n) is 3.78. The Hall–Kier alpha value is -2.06. The Morgan fingerprint density at radius 1 is 1.42 bits per heavy atom. The largest absolute Gasteiger partial charge is 0.496 e. The minimum Gasteiger partial charge on any atom is -0.496 e. The standard InChI is InChI=1S/C11H14N4O3S/c1-18-9-5-3-2-4-8(9)6-14-19(16,17)10-7-13-15-11(10)12/h2-5,7,14H,6H2,1H3,(H3,12,13,15). The van der Waals surface area contributed by atoms with E-state index in [1.165, 1.54) is 13.3 Å². The number of aromatic amines is 1. The number of ether oxygens (including phenoxy) is 1. The van der Waals surface area contributed by atoms with E-state index in [1.54, 1.807) is 18.2 Å². The molecule has 0 radical (unpaired) electrons. The van der Waals surface area contributed by atoms with Crippen LogP contribution in [0.2, 0.25) is 0 Å². The average Bonchev–Trinajstić information content (AvgIpc) is 2.84. The molecule has 8 heteroatoms. The Kier molecular flexibility index (Phi) is 3.72. The van der Waals surface area contributed by atoms with Crippen LogP contribution in [0.15, 0.2) is 35.4 Å². The Balaban J connectivity index is 2.17. The number of aromatic nitrogens is 2. The molecule has 0 bridgehead atoms. The van der Waals surface area contributed by atoms with Crippen molar-refractivity contribution in [3.8, 4) is 5.75 Å². The second kappa shape index (κ2) is 5.29. The number of nitrogens with one attached hydrogen (secondary N) is 2. The van der Waals surface area contributed by atoms with E-state index in [2.05, 4.69) is 14.9 Å². The van der Waals surface area contributed by atoms with E-state index in [9.17, 15) is 8.42 Å². The fraction of sp³-hybridized carbons (Fsp3) is 0.182. The first-order valence-electron chi connectivity index (χ1n) is 5.45. The van der Waals surface area contributed by atoms with Gasteiger partial charge in [-0.2, -0.15) is 5.10 Å². The summed E-state index contributed by atoms with van der Waals surface area (Å²) in [6.45, 7) is 0.108. The maximum atomic E-state index is 12.0. The summed E-state index contributed by atoms with van der Waals surface area (Å²) in [7, 11) is -2.17. The van der Waals surface area contributed by atoms with Gasteiger partial charge in [-0.1, -0.05) is 18.2 Å². The molecule has 0 saturated carbocycles. The maximum Gasteiger partial charge on any atom is 0.246 e. The van der Waals surface area contributed by atoms with Crippen LogP contribution in [0.5, 0.6) is 5.75 Å². The van der Waals surface area contributed by atoms with Gasteiger partial charge in [-0.15, -0.1) is 0 Å². The molecule has 1 heterocycles. The lowest BCUT2D eigenvalue weighted by atomic mass is 10.2. The van der Waals surface area contributed by atoms with Crippen LogP contribution in [0.4, 0.5) is 5.82 Å². The smallest absolute Gasteiger partial charge is 0.246 e. The summed E-state index contributed by atoms with van der Waals surface area (Å²) < 4.78 is 31.6. The first kappa shape index (κ1) is 13.4. The highest BCUT2D eigenvalue weighted by atomic mass is 32.2. The van der Waals surface area contributed by atoms with Crippen LogP contribution in [-0.2, 0) is 16.6 Å². The third-order valence-electron chi connectivity index (χ3n) is 2.57. The Bertz CT molecular complexity index is 666. The molecule has 0 spiro atoms. The summed E-state index contributed by atoms with van der Waals surface area (Å²) in [5, 5.41) is 5.96. The van der Waals surface area contributed by atoms with Crippen LogP contribution in [0.1, 0.15) is 5.56 Å². The summed E-state index contributed by atoms with van der Waals surface area (Å²) >= 11 is 0. The first-order chi connectivity index (χ1) is 9.04. The molecule has 1 aromatic carbocycles. The van der Waals surface area contributed by atoms with Gasteiger partial charge in [-0.3, -0.25) is 5.10 Å². The van der Waals surface area contributed by atoms with Crippen LogP contribution < -0.4 is 15.2 Å². The van der Waals surface area contributed by atoms with Crippen LogP contribution in [0.25, 0.3) is 0 Å². The molecule has 0 saturated heterocycles. The van der Waals surface area contributed by atoms with Crippen molar-refractivity contribution in [1.29, 1.82) is 0 Å². The van der Waals surface area contributed by atoms with E-state index >= 15 is 0 Å². The molecule has 4 N–H and O–H groups in total. The summed E-state index contributed by atoms with van der Waals surface area (Å²) in [5.41, 5.74) is 6.22. The lowest BCUT2D eigenvalue weighted by Gasteiger charge is -2.09. The molecule has 102 valence electrons. The number of nitrogen functional groups attached to an aromatic ring is 1. The van der Waals surface area contributed by atoms with Crippen molar-refractivity contribution in [1.82, 2.24) is 14.9 Å². The quantitative estimate of drug-likeness (QED) is 0.738. The number of hydrogen-bond donors (Lipinski definition) is 3. The van der Waals surface area contributed by atoms with Crippen LogP contribution in [-0.4, -0.2) is 25.7 Å². The lowest BCUT2D eigenvalue weighted by Crippen LogP contribution is -2.23. The number of benzene rings is 1. The first-order valence-corrected chi connectivity index (χ1v) is 6.93. The molecule has 0 aliphatic carbocycles. The normalized spacial score (nSPS) is 11.4. The van der Waals surface area contributed by atoms with Gasteiger partial charge < -0.3 is 10.5 Å². The van der Waals surface area contributed by atoms with Crippen molar-refractivity contribution in [3.05, 3.63) is 36.0 Å². The highest BCUT2D eigenvalue weighted by Gasteiger charge is 2.19. The Morgan fingerprint density at radius 3 is 2.79 bits per heavy atom. The van der Waals surface area contributed by atoms with Gasteiger partial charge in [0.15, 0.2) is 0 Å². The lowest BCUT2D eigenvalue weighted by molar-refractivity contribution is 0.409. The monoisotopic (exact) mass is 282 g/mol. The molecule has 0 amide bonds. The molecule has 7 nitrogen and oxygen atoms in total. The average molecular weight is 282 g/mol. The summed E-state index contributed by atoms with van der Waals surface area (Å²) in [4.78, 5) is -0.0672. The predicted octanol–water partition coefficient (Wildman–Crippen LogP) is 0.479. The van der Waals surface area contributed by atoms with Gasteiger partial charge >= 0.3 is 0 Å². The number of nitrogens with two attached hydrogens (primary N) is 1.